The van der Waals surface area contributed by atoms with Gasteiger partial charge in [-0.15, -0.1) is 11.3 Å². The largest absolute Gasteiger partial charge is 0.494 e. The molecule has 2 aromatic heterocycles. The zero-order valence-electron chi connectivity index (χ0n) is 22.2. The lowest BCUT2D eigenvalue weighted by Gasteiger charge is -2.13. The molecular formula is C30H27N3O5S2. The maximum absolute atomic E-state index is 14.1. The van der Waals surface area contributed by atoms with Gasteiger partial charge in [0.1, 0.15) is 10.6 Å². The molecular weight excluding hydrogens is 546 g/mol. The van der Waals surface area contributed by atoms with E-state index in [1.165, 1.54) is 23.1 Å². The number of hydrogen-bond acceptors (Lipinski definition) is 8. The molecule has 0 spiro atoms. The van der Waals surface area contributed by atoms with E-state index in [1.54, 1.807) is 30.9 Å². The fraction of sp³-hybridized carbons (Fsp3) is 0.167. The van der Waals surface area contributed by atoms with Crippen LogP contribution in [0, 0.1) is 0 Å². The summed E-state index contributed by atoms with van der Waals surface area (Å²) in [5.41, 5.74) is 2.69. The molecule has 10 heteroatoms. The number of aromatic nitrogens is 2. The second-order valence-electron chi connectivity index (χ2n) is 8.56. The van der Waals surface area contributed by atoms with Gasteiger partial charge in [-0.2, -0.15) is 0 Å². The van der Waals surface area contributed by atoms with Crippen LogP contribution in [0.3, 0.4) is 0 Å². The van der Waals surface area contributed by atoms with Crippen molar-refractivity contribution in [3.05, 3.63) is 88.5 Å². The Bertz CT molecular complexity index is 1700. The molecule has 0 fully saturated rings. The number of methoxy groups -OCH3 is 2. The van der Waals surface area contributed by atoms with Gasteiger partial charge in [-0.05, 0) is 61.0 Å². The lowest BCUT2D eigenvalue weighted by atomic mass is 10.1. The van der Waals surface area contributed by atoms with Gasteiger partial charge >= 0.3 is 0 Å². The second-order valence-corrected chi connectivity index (χ2v) is 10.4. The Kier molecular flexibility index (Phi) is 8.37. The molecule has 2 heterocycles. The van der Waals surface area contributed by atoms with Crippen molar-refractivity contribution in [2.75, 3.05) is 31.9 Å². The number of thiophene rings is 1. The van der Waals surface area contributed by atoms with Gasteiger partial charge in [0.05, 0.1) is 37.7 Å². The topological polar surface area (TPSA) is 91.7 Å². The Morgan fingerprint density at radius 2 is 1.75 bits per heavy atom. The molecule has 3 aromatic carbocycles. The number of hydrogen-bond donors (Lipinski definition) is 1. The zero-order chi connectivity index (χ0) is 28.1. The van der Waals surface area contributed by atoms with Gasteiger partial charge in [0.25, 0.3) is 5.56 Å². The molecule has 204 valence electrons. The van der Waals surface area contributed by atoms with Crippen molar-refractivity contribution in [1.82, 2.24) is 9.55 Å². The van der Waals surface area contributed by atoms with Crippen LogP contribution in [0.1, 0.15) is 6.92 Å². The molecule has 40 heavy (non-hydrogen) atoms. The predicted octanol–water partition coefficient (Wildman–Crippen LogP) is 6.26. The summed E-state index contributed by atoms with van der Waals surface area (Å²) < 4.78 is 17.9. The predicted molar refractivity (Wildman–Crippen MR) is 161 cm³/mol. The molecule has 0 saturated heterocycles. The molecule has 5 rings (SSSR count). The third-order valence-corrected chi connectivity index (χ3v) is 7.88. The Morgan fingerprint density at radius 3 is 2.45 bits per heavy atom. The highest BCUT2D eigenvalue weighted by Gasteiger charge is 2.20. The third kappa shape index (κ3) is 5.68. The van der Waals surface area contributed by atoms with Crippen LogP contribution < -0.4 is 25.1 Å². The third-order valence-electron chi connectivity index (χ3n) is 6.07. The minimum Gasteiger partial charge on any atom is -0.494 e. The van der Waals surface area contributed by atoms with E-state index in [0.29, 0.717) is 44.9 Å². The zero-order valence-corrected chi connectivity index (χ0v) is 23.8. The van der Waals surface area contributed by atoms with Gasteiger partial charge in [0, 0.05) is 16.6 Å². The van der Waals surface area contributed by atoms with Crippen molar-refractivity contribution < 1.29 is 19.0 Å². The minimum absolute atomic E-state index is 0.0753. The van der Waals surface area contributed by atoms with Crippen molar-refractivity contribution in [2.24, 2.45) is 0 Å². The number of thioether (sulfide) groups is 1. The number of anilines is 1. The molecule has 0 aliphatic heterocycles. The van der Waals surface area contributed by atoms with Crippen LogP contribution >= 0.6 is 23.1 Å². The summed E-state index contributed by atoms with van der Waals surface area (Å²) in [7, 11) is 3.16. The van der Waals surface area contributed by atoms with E-state index in [0.717, 1.165) is 16.9 Å². The van der Waals surface area contributed by atoms with Gasteiger partial charge in [-0.3, -0.25) is 14.2 Å². The Labute approximate surface area is 239 Å². The minimum atomic E-state index is -0.211. The van der Waals surface area contributed by atoms with Gasteiger partial charge in [-0.1, -0.05) is 36.0 Å². The quantitative estimate of drug-likeness (QED) is 0.156. The molecule has 8 nitrogen and oxygen atoms in total. The molecule has 0 atom stereocenters. The van der Waals surface area contributed by atoms with E-state index >= 15 is 0 Å². The fourth-order valence-corrected chi connectivity index (χ4v) is 6.02. The molecule has 5 aromatic rings. The smallest absolute Gasteiger partial charge is 0.268 e. The number of amides is 1. The molecule has 1 N–H and O–H groups in total. The lowest BCUT2D eigenvalue weighted by molar-refractivity contribution is -0.113. The Balaban J connectivity index is 1.49. The van der Waals surface area contributed by atoms with Crippen molar-refractivity contribution in [3.8, 4) is 34.1 Å². The molecule has 0 radical (unpaired) electrons. The van der Waals surface area contributed by atoms with Crippen molar-refractivity contribution in [2.45, 2.75) is 12.1 Å². The fourth-order valence-electron chi connectivity index (χ4n) is 4.22. The first-order valence-corrected chi connectivity index (χ1v) is 14.4. The molecule has 0 aliphatic rings. The van der Waals surface area contributed by atoms with Gasteiger partial charge in [-0.25, -0.2) is 4.98 Å². The van der Waals surface area contributed by atoms with Crippen molar-refractivity contribution in [3.63, 3.8) is 0 Å². The van der Waals surface area contributed by atoms with E-state index < -0.39 is 0 Å². The summed E-state index contributed by atoms with van der Waals surface area (Å²) in [6.07, 6.45) is 0. The standard InChI is InChI=1S/C30H27N3O5S2/c1-4-38-22-13-11-20(12-14-22)31-26(34)18-40-30-32-28-27(29(35)33(30)21-8-6-5-7-9-21)23(17-39-28)19-10-15-24(36-2)25(16-19)37-3/h5-17H,4,18H2,1-3H3,(H,31,34). The van der Waals surface area contributed by atoms with Gasteiger partial charge in [0.15, 0.2) is 16.7 Å². The highest BCUT2D eigenvalue weighted by atomic mass is 32.2. The lowest BCUT2D eigenvalue weighted by Crippen LogP contribution is -2.22. The van der Waals surface area contributed by atoms with Crippen LogP contribution in [0.15, 0.2) is 88.1 Å². The summed E-state index contributed by atoms with van der Waals surface area (Å²) >= 11 is 2.60. The number of fused-ring (bicyclic) bond motifs is 1. The van der Waals surface area contributed by atoms with Crippen LogP contribution in [0.2, 0.25) is 0 Å². The molecule has 0 saturated carbocycles. The summed E-state index contributed by atoms with van der Waals surface area (Å²) in [6, 6.07) is 22.1. The van der Waals surface area contributed by atoms with Gasteiger partial charge < -0.3 is 19.5 Å². The van der Waals surface area contributed by atoms with Crippen LogP contribution in [-0.4, -0.2) is 42.0 Å². The number of para-hydroxylation sites is 1. The summed E-state index contributed by atoms with van der Waals surface area (Å²) in [5, 5.41) is 5.75. The van der Waals surface area contributed by atoms with E-state index in [9.17, 15) is 9.59 Å². The van der Waals surface area contributed by atoms with E-state index in [2.05, 4.69) is 5.32 Å². The molecule has 0 unspecified atom stereocenters. The van der Waals surface area contributed by atoms with E-state index in [1.807, 2.05) is 73.0 Å². The normalized spacial score (nSPS) is 10.9. The number of nitrogens with one attached hydrogen (secondary N) is 1. The average molecular weight is 574 g/mol. The van der Waals surface area contributed by atoms with Crippen LogP contribution in [0.5, 0.6) is 17.2 Å². The molecule has 0 aliphatic carbocycles. The summed E-state index contributed by atoms with van der Waals surface area (Å²) in [6.45, 7) is 2.49. The maximum Gasteiger partial charge on any atom is 0.268 e. The first kappa shape index (κ1) is 27.3. The maximum atomic E-state index is 14.1. The van der Waals surface area contributed by atoms with Crippen LogP contribution in [0.4, 0.5) is 5.69 Å². The number of nitrogens with zero attached hydrogens (tertiary/aromatic N) is 2. The van der Waals surface area contributed by atoms with Crippen LogP contribution in [0.25, 0.3) is 27.0 Å². The number of ether oxygens (including phenoxy) is 3. The summed E-state index contributed by atoms with van der Waals surface area (Å²) in [5.74, 6) is 1.78. The summed E-state index contributed by atoms with van der Waals surface area (Å²) in [4.78, 5) is 32.3. The monoisotopic (exact) mass is 573 g/mol. The first-order valence-electron chi connectivity index (χ1n) is 12.5. The highest BCUT2D eigenvalue weighted by Crippen LogP contribution is 2.37. The van der Waals surface area contributed by atoms with Gasteiger partial charge in [0.2, 0.25) is 5.91 Å². The van der Waals surface area contributed by atoms with E-state index in [-0.39, 0.29) is 17.2 Å². The van der Waals surface area contributed by atoms with E-state index in [4.69, 9.17) is 19.2 Å². The Morgan fingerprint density at radius 1 is 1.00 bits per heavy atom. The SMILES string of the molecule is CCOc1ccc(NC(=O)CSc2nc3scc(-c4ccc(OC)c(OC)c4)c3c(=O)n2-c2ccccc2)cc1. The number of rotatable bonds is 10. The molecule has 0 bridgehead atoms. The molecule has 1 amide bonds. The second kappa shape index (κ2) is 12.3. The highest BCUT2D eigenvalue weighted by molar-refractivity contribution is 7.99. The number of carbonyl (C=O) groups excluding carboxylic acids is 1. The average Bonchev–Trinajstić information content (AvgIpc) is 3.42. The van der Waals surface area contributed by atoms with Crippen molar-refractivity contribution in [1.29, 1.82) is 0 Å². The number of carbonyl (C=O) groups is 1. The first-order chi connectivity index (χ1) is 19.5. The Hall–Kier alpha value is -4.28. The van der Waals surface area contributed by atoms with Crippen LogP contribution in [-0.2, 0) is 4.79 Å². The van der Waals surface area contributed by atoms with Crippen molar-refractivity contribution >= 4 is 44.9 Å². The number of benzene rings is 3.